The third-order valence-electron chi connectivity index (χ3n) is 2.91. The molecule has 2 rings (SSSR count). The number of benzene rings is 2. The Balaban J connectivity index is 2.02. The maximum atomic E-state index is 11.3. The molecule has 0 aliphatic rings. The van der Waals surface area contributed by atoms with Gasteiger partial charge in [0.15, 0.2) is 0 Å². The Morgan fingerprint density at radius 3 is 2.45 bits per heavy atom. The van der Waals surface area contributed by atoms with Crippen molar-refractivity contribution in [1.29, 1.82) is 0 Å². The summed E-state index contributed by atoms with van der Waals surface area (Å²) in [6.07, 6.45) is 0. The molecule has 0 aliphatic carbocycles. The Bertz CT molecular complexity index is 575. The first-order chi connectivity index (χ1) is 9.74. The molecule has 0 radical (unpaired) electrons. The average Bonchev–Trinajstić information content (AvgIpc) is 2.53. The minimum atomic E-state index is -0.358. The highest BCUT2D eigenvalue weighted by atomic mass is 16.5. The lowest BCUT2D eigenvalue weighted by atomic mass is 10.1. The number of carbonyl (C=O) groups excluding carboxylic acids is 1. The van der Waals surface area contributed by atoms with Crippen LogP contribution in [0.1, 0.15) is 21.5 Å². The topological polar surface area (TPSA) is 55.8 Å². The van der Waals surface area contributed by atoms with Crippen molar-refractivity contribution in [1.82, 2.24) is 0 Å². The van der Waals surface area contributed by atoms with Crippen LogP contribution in [-0.2, 0) is 18.0 Å². The molecule has 0 atom stereocenters. The van der Waals surface area contributed by atoms with Gasteiger partial charge in [0.05, 0.1) is 19.3 Å². The van der Waals surface area contributed by atoms with Crippen molar-refractivity contribution in [2.75, 3.05) is 7.11 Å². The molecule has 0 heterocycles. The minimum absolute atomic E-state index is 0.0581. The number of hydrogen-bond donors (Lipinski definition) is 1. The Labute approximate surface area is 117 Å². The second kappa shape index (κ2) is 6.73. The lowest BCUT2D eigenvalue weighted by molar-refractivity contribution is 0.0600. The molecule has 0 aliphatic heterocycles. The quantitative estimate of drug-likeness (QED) is 0.850. The minimum Gasteiger partial charge on any atom is -0.489 e. The summed E-state index contributed by atoms with van der Waals surface area (Å²) in [5.41, 5.74) is 2.19. The van der Waals surface area contributed by atoms with E-state index in [1.807, 2.05) is 36.4 Å². The van der Waals surface area contributed by atoms with Crippen LogP contribution in [0.3, 0.4) is 0 Å². The predicted octanol–water partition coefficient (Wildman–Crippen LogP) is 2.54. The highest BCUT2D eigenvalue weighted by molar-refractivity contribution is 5.89. The summed E-state index contributed by atoms with van der Waals surface area (Å²) in [6, 6.07) is 14.4. The number of ether oxygens (including phenoxy) is 2. The lowest BCUT2D eigenvalue weighted by Crippen LogP contribution is -2.02. The molecule has 2 aromatic rings. The molecule has 0 saturated heterocycles. The van der Waals surface area contributed by atoms with Gasteiger partial charge < -0.3 is 14.6 Å². The zero-order chi connectivity index (χ0) is 14.4. The number of aliphatic hydroxyl groups excluding tert-OH is 1. The summed E-state index contributed by atoms with van der Waals surface area (Å²) in [4.78, 5) is 11.3. The Hall–Kier alpha value is -2.33. The van der Waals surface area contributed by atoms with Crippen LogP contribution in [0.4, 0.5) is 0 Å². The molecule has 0 fully saturated rings. The van der Waals surface area contributed by atoms with Crippen molar-refractivity contribution < 1.29 is 19.4 Å². The molecule has 0 spiro atoms. The van der Waals surface area contributed by atoms with E-state index in [1.54, 1.807) is 12.1 Å². The standard InChI is InChI=1S/C16H16O4/c1-19-16(18)13-8-6-12(7-9-13)11-20-15-5-3-2-4-14(15)10-17/h2-9,17H,10-11H2,1H3. The number of esters is 1. The second-order valence-corrected chi connectivity index (χ2v) is 4.24. The van der Waals surface area contributed by atoms with Crippen molar-refractivity contribution in [3.05, 3.63) is 65.2 Å². The van der Waals surface area contributed by atoms with Gasteiger partial charge in [0, 0.05) is 5.56 Å². The summed E-state index contributed by atoms with van der Waals surface area (Å²) in [7, 11) is 1.35. The zero-order valence-corrected chi connectivity index (χ0v) is 11.2. The van der Waals surface area contributed by atoms with Crippen LogP contribution in [0, 0.1) is 0 Å². The third-order valence-corrected chi connectivity index (χ3v) is 2.91. The van der Waals surface area contributed by atoms with Gasteiger partial charge in [-0.1, -0.05) is 30.3 Å². The van der Waals surface area contributed by atoms with E-state index in [0.717, 1.165) is 11.1 Å². The van der Waals surface area contributed by atoms with Crippen LogP contribution in [0.2, 0.25) is 0 Å². The molecular formula is C16H16O4. The first kappa shape index (κ1) is 14.1. The molecule has 0 saturated carbocycles. The van der Waals surface area contributed by atoms with Gasteiger partial charge in [-0.25, -0.2) is 4.79 Å². The summed E-state index contributed by atoms with van der Waals surface area (Å²) >= 11 is 0. The number of hydrogen-bond acceptors (Lipinski definition) is 4. The van der Waals surface area contributed by atoms with E-state index in [0.29, 0.717) is 17.9 Å². The predicted molar refractivity (Wildman–Crippen MR) is 74.5 cm³/mol. The largest absolute Gasteiger partial charge is 0.489 e. The van der Waals surface area contributed by atoms with Gasteiger partial charge in [0.1, 0.15) is 12.4 Å². The lowest BCUT2D eigenvalue weighted by Gasteiger charge is -2.10. The first-order valence-corrected chi connectivity index (χ1v) is 6.23. The smallest absolute Gasteiger partial charge is 0.337 e. The summed E-state index contributed by atoms with van der Waals surface area (Å²) in [5.74, 6) is 0.301. The number of aliphatic hydroxyl groups is 1. The van der Waals surface area contributed by atoms with Gasteiger partial charge in [-0.2, -0.15) is 0 Å². The zero-order valence-electron chi connectivity index (χ0n) is 11.2. The fourth-order valence-electron chi connectivity index (χ4n) is 1.79. The van der Waals surface area contributed by atoms with E-state index < -0.39 is 0 Å². The molecular weight excluding hydrogens is 256 g/mol. The SMILES string of the molecule is COC(=O)c1ccc(COc2ccccc2CO)cc1. The van der Waals surface area contributed by atoms with Crippen molar-refractivity contribution >= 4 is 5.97 Å². The van der Waals surface area contributed by atoms with Gasteiger partial charge in [0.25, 0.3) is 0 Å². The van der Waals surface area contributed by atoms with Crippen LogP contribution >= 0.6 is 0 Å². The Kier molecular flexibility index (Phi) is 4.74. The molecule has 1 N–H and O–H groups in total. The average molecular weight is 272 g/mol. The van der Waals surface area contributed by atoms with Crippen LogP contribution in [0.25, 0.3) is 0 Å². The van der Waals surface area contributed by atoms with E-state index in [4.69, 9.17) is 4.74 Å². The molecule has 0 amide bonds. The maximum Gasteiger partial charge on any atom is 0.337 e. The van der Waals surface area contributed by atoms with Gasteiger partial charge in [-0.15, -0.1) is 0 Å². The second-order valence-electron chi connectivity index (χ2n) is 4.24. The Morgan fingerprint density at radius 2 is 1.80 bits per heavy atom. The molecule has 2 aromatic carbocycles. The normalized spacial score (nSPS) is 10.1. The van der Waals surface area contributed by atoms with E-state index in [-0.39, 0.29) is 12.6 Å². The first-order valence-electron chi connectivity index (χ1n) is 6.23. The molecule has 4 heteroatoms. The molecule has 0 aromatic heterocycles. The number of carbonyl (C=O) groups is 1. The van der Waals surface area contributed by atoms with Crippen LogP contribution in [0.5, 0.6) is 5.75 Å². The summed E-state index contributed by atoms with van der Waals surface area (Å²) < 4.78 is 10.3. The molecule has 0 unspecified atom stereocenters. The number of methoxy groups -OCH3 is 1. The highest BCUT2D eigenvalue weighted by Crippen LogP contribution is 2.19. The van der Waals surface area contributed by atoms with E-state index in [2.05, 4.69) is 4.74 Å². The van der Waals surface area contributed by atoms with Crippen LogP contribution in [0.15, 0.2) is 48.5 Å². The maximum absolute atomic E-state index is 11.3. The third kappa shape index (κ3) is 3.36. The van der Waals surface area contributed by atoms with Crippen molar-refractivity contribution in [2.24, 2.45) is 0 Å². The van der Waals surface area contributed by atoms with Crippen molar-refractivity contribution in [3.8, 4) is 5.75 Å². The van der Waals surface area contributed by atoms with Crippen molar-refractivity contribution in [3.63, 3.8) is 0 Å². The van der Waals surface area contributed by atoms with Gasteiger partial charge in [0.2, 0.25) is 0 Å². The molecule has 20 heavy (non-hydrogen) atoms. The fourth-order valence-corrected chi connectivity index (χ4v) is 1.79. The van der Waals surface area contributed by atoms with E-state index in [9.17, 15) is 9.90 Å². The number of rotatable bonds is 5. The van der Waals surface area contributed by atoms with Gasteiger partial charge in [-0.3, -0.25) is 0 Å². The monoisotopic (exact) mass is 272 g/mol. The van der Waals surface area contributed by atoms with Crippen LogP contribution in [-0.4, -0.2) is 18.2 Å². The van der Waals surface area contributed by atoms with E-state index in [1.165, 1.54) is 7.11 Å². The van der Waals surface area contributed by atoms with Gasteiger partial charge >= 0.3 is 5.97 Å². The fraction of sp³-hybridized carbons (Fsp3) is 0.188. The summed E-state index contributed by atoms with van der Waals surface area (Å²) in [5, 5.41) is 9.21. The van der Waals surface area contributed by atoms with Gasteiger partial charge in [-0.05, 0) is 23.8 Å². The molecule has 0 bridgehead atoms. The van der Waals surface area contributed by atoms with Crippen LogP contribution < -0.4 is 4.74 Å². The molecule has 4 nitrogen and oxygen atoms in total. The van der Waals surface area contributed by atoms with E-state index >= 15 is 0 Å². The van der Waals surface area contributed by atoms with Crippen molar-refractivity contribution in [2.45, 2.75) is 13.2 Å². The molecule has 104 valence electrons. The number of para-hydroxylation sites is 1. The highest BCUT2D eigenvalue weighted by Gasteiger charge is 2.05. The summed E-state index contributed by atoms with van der Waals surface area (Å²) in [6.45, 7) is 0.315. The Morgan fingerprint density at radius 1 is 1.10 bits per heavy atom.